The maximum atomic E-state index is 14.2. The lowest BCUT2D eigenvalue weighted by Crippen LogP contribution is -2.29. The second kappa shape index (κ2) is 10.9. The van der Waals surface area contributed by atoms with E-state index in [-0.39, 0.29) is 38.4 Å². The molecular weight excluding hydrogens is 543 g/mol. The number of ether oxygens (including phenoxy) is 3. The summed E-state index contributed by atoms with van der Waals surface area (Å²) in [6.45, 7) is 2.22. The van der Waals surface area contributed by atoms with Gasteiger partial charge in [-0.1, -0.05) is 35.3 Å². The number of anilines is 1. The van der Waals surface area contributed by atoms with Crippen molar-refractivity contribution in [2.45, 2.75) is 13.0 Å². The molecule has 4 rings (SSSR count). The molecule has 1 heterocycles. The fourth-order valence-corrected chi connectivity index (χ4v) is 4.94. The van der Waals surface area contributed by atoms with E-state index in [2.05, 4.69) is 0 Å². The van der Waals surface area contributed by atoms with Crippen LogP contribution in [0, 0.1) is 11.6 Å². The molecule has 1 atom stereocenters. The molecule has 1 fully saturated rings. The fourth-order valence-electron chi connectivity index (χ4n) is 4.25. The first kappa shape index (κ1) is 27.2. The van der Waals surface area contributed by atoms with Gasteiger partial charge in [0.1, 0.15) is 16.5 Å². The molecule has 1 saturated heterocycles. The first-order chi connectivity index (χ1) is 18.1. The molecule has 3 aromatic carbocycles. The number of benzene rings is 3. The molecule has 1 aliphatic rings. The summed E-state index contributed by atoms with van der Waals surface area (Å²) in [6.07, 6.45) is 0. The van der Waals surface area contributed by atoms with E-state index in [1.807, 2.05) is 6.92 Å². The lowest BCUT2D eigenvalue weighted by molar-refractivity contribution is -0.132. The third-order valence-electron chi connectivity index (χ3n) is 5.93. The van der Waals surface area contributed by atoms with Crippen LogP contribution >= 0.6 is 23.2 Å². The van der Waals surface area contributed by atoms with E-state index in [4.69, 9.17) is 37.4 Å². The maximum Gasteiger partial charge on any atom is 0.300 e. The van der Waals surface area contributed by atoms with E-state index < -0.39 is 35.1 Å². The molecule has 3 aromatic rings. The Morgan fingerprint density at radius 3 is 2.21 bits per heavy atom. The quantitative estimate of drug-likeness (QED) is 0.206. The minimum absolute atomic E-state index is 0.00676. The van der Waals surface area contributed by atoms with Gasteiger partial charge < -0.3 is 19.3 Å². The van der Waals surface area contributed by atoms with Crippen molar-refractivity contribution in [2.24, 2.45) is 0 Å². The number of aliphatic hydroxyl groups excluding tert-OH is 1. The van der Waals surface area contributed by atoms with Crippen LogP contribution in [0.4, 0.5) is 14.5 Å². The van der Waals surface area contributed by atoms with Gasteiger partial charge in [0.2, 0.25) is 0 Å². The van der Waals surface area contributed by atoms with Crippen LogP contribution in [0.2, 0.25) is 10.0 Å². The van der Waals surface area contributed by atoms with E-state index in [0.717, 1.165) is 23.1 Å². The standard InChI is InChI=1S/C27H21Cl2F2NO6/c1-4-38-15-8-5-13(6-9-15)22-20(23(33)16-12-17(28)26(37-3)21(29)25(16)36-2)24(34)27(35)32(22)14-7-10-18(30)19(31)11-14/h5-12,22,33H,4H2,1-3H3/b23-20+. The van der Waals surface area contributed by atoms with Gasteiger partial charge in [-0.25, -0.2) is 8.78 Å². The molecule has 7 nitrogen and oxygen atoms in total. The van der Waals surface area contributed by atoms with Gasteiger partial charge in [-0.05, 0) is 42.8 Å². The van der Waals surface area contributed by atoms with Crippen LogP contribution in [0.5, 0.6) is 17.2 Å². The Hall–Kier alpha value is -3.82. The molecule has 0 aromatic heterocycles. The molecule has 0 bridgehead atoms. The predicted octanol–water partition coefficient (Wildman–Crippen LogP) is 6.31. The number of ketones is 1. The number of carbonyl (C=O) groups is 2. The van der Waals surface area contributed by atoms with Crippen molar-refractivity contribution in [2.75, 3.05) is 25.7 Å². The van der Waals surface area contributed by atoms with E-state index in [1.165, 1.54) is 20.3 Å². The van der Waals surface area contributed by atoms with Crippen molar-refractivity contribution < 1.29 is 37.7 Å². The van der Waals surface area contributed by atoms with E-state index in [9.17, 15) is 23.5 Å². The van der Waals surface area contributed by atoms with Crippen LogP contribution in [0.1, 0.15) is 24.1 Å². The summed E-state index contributed by atoms with van der Waals surface area (Å²) in [6, 6.07) is 9.25. The summed E-state index contributed by atoms with van der Waals surface area (Å²) in [5, 5.41) is 11.4. The van der Waals surface area contributed by atoms with Gasteiger partial charge in [-0.2, -0.15) is 0 Å². The monoisotopic (exact) mass is 563 g/mol. The molecule has 1 N–H and O–H groups in total. The van der Waals surface area contributed by atoms with E-state index in [1.54, 1.807) is 24.3 Å². The topological polar surface area (TPSA) is 85.3 Å². The molecule has 11 heteroatoms. The van der Waals surface area contributed by atoms with Crippen molar-refractivity contribution in [3.8, 4) is 17.2 Å². The van der Waals surface area contributed by atoms with Gasteiger partial charge in [0.25, 0.3) is 11.7 Å². The minimum atomic E-state index is -1.24. The number of carbonyl (C=O) groups excluding carboxylic acids is 2. The number of nitrogens with zero attached hydrogens (tertiary/aromatic N) is 1. The Morgan fingerprint density at radius 2 is 1.63 bits per heavy atom. The van der Waals surface area contributed by atoms with Gasteiger partial charge in [0.05, 0.1) is 43.0 Å². The lowest BCUT2D eigenvalue weighted by Gasteiger charge is -2.26. The summed E-state index contributed by atoms with van der Waals surface area (Å²) in [5.41, 5.74) is -0.146. The highest BCUT2D eigenvalue weighted by atomic mass is 35.5. The zero-order valence-electron chi connectivity index (χ0n) is 20.4. The highest BCUT2D eigenvalue weighted by Crippen LogP contribution is 2.48. The molecule has 1 amide bonds. The zero-order chi connectivity index (χ0) is 27.7. The Labute approximate surface area is 226 Å². The lowest BCUT2D eigenvalue weighted by atomic mass is 9.94. The van der Waals surface area contributed by atoms with Gasteiger partial charge in [-0.3, -0.25) is 14.5 Å². The van der Waals surface area contributed by atoms with Gasteiger partial charge in [0, 0.05) is 11.8 Å². The van der Waals surface area contributed by atoms with Crippen molar-refractivity contribution in [1.82, 2.24) is 0 Å². The van der Waals surface area contributed by atoms with E-state index in [0.29, 0.717) is 17.9 Å². The van der Waals surface area contributed by atoms with Crippen LogP contribution < -0.4 is 19.1 Å². The second-order valence-electron chi connectivity index (χ2n) is 8.06. The maximum absolute atomic E-state index is 14.2. The number of hydrogen-bond donors (Lipinski definition) is 1. The molecule has 0 spiro atoms. The third kappa shape index (κ3) is 4.63. The molecule has 0 radical (unpaired) electrons. The second-order valence-corrected chi connectivity index (χ2v) is 8.84. The van der Waals surface area contributed by atoms with Crippen LogP contribution in [-0.4, -0.2) is 37.6 Å². The average Bonchev–Trinajstić information content (AvgIpc) is 3.16. The third-order valence-corrected chi connectivity index (χ3v) is 6.55. The van der Waals surface area contributed by atoms with Crippen molar-refractivity contribution in [1.29, 1.82) is 0 Å². The smallest absolute Gasteiger partial charge is 0.300 e. The summed E-state index contributed by atoms with van der Waals surface area (Å²) >= 11 is 12.7. The Balaban J connectivity index is 2.00. The molecule has 0 aliphatic carbocycles. The number of aliphatic hydroxyl groups is 1. The summed E-state index contributed by atoms with van der Waals surface area (Å²) in [5.74, 6) is -4.59. The number of rotatable bonds is 7. The molecule has 198 valence electrons. The average molecular weight is 564 g/mol. The fraction of sp³-hybridized carbons (Fsp3) is 0.185. The summed E-state index contributed by atoms with van der Waals surface area (Å²) in [7, 11) is 2.63. The molecule has 1 aliphatic heterocycles. The number of halogens is 4. The number of methoxy groups -OCH3 is 2. The largest absolute Gasteiger partial charge is 0.507 e. The minimum Gasteiger partial charge on any atom is -0.507 e. The predicted molar refractivity (Wildman–Crippen MR) is 138 cm³/mol. The van der Waals surface area contributed by atoms with E-state index >= 15 is 0 Å². The van der Waals surface area contributed by atoms with Gasteiger partial charge in [-0.15, -0.1) is 0 Å². The Morgan fingerprint density at radius 1 is 0.974 bits per heavy atom. The molecule has 0 saturated carbocycles. The van der Waals surface area contributed by atoms with Crippen LogP contribution in [0.3, 0.4) is 0 Å². The van der Waals surface area contributed by atoms with Crippen LogP contribution in [0.15, 0.2) is 54.1 Å². The van der Waals surface area contributed by atoms with Crippen molar-refractivity contribution >= 4 is 46.3 Å². The summed E-state index contributed by atoms with van der Waals surface area (Å²) < 4.78 is 43.9. The van der Waals surface area contributed by atoms with Crippen LogP contribution in [0.25, 0.3) is 5.76 Å². The highest BCUT2D eigenvalue weighted by Gasteiger charge is 2.47. The Bertz CT molecular complexity index is 1460. The number of hydrogen-bond acceptors (Lipinski definition) is 6. The molecule has 38 heavy (non-hydrogen) atoms. The SMILES string of the molecule is CCOc1ccc(C2/C(=C(\O)c3cc(Cl)c(OC)c(Cl)c3OC)C(=O)C(=O)N2c2ccc(F)c(F)c2)cc1. The van der Waals surface area contributed by atoms with Crippen LogP contribution in [-0.2, 0) is 9.59 Å². The Kier molecular flexibility index (Phi) is 7.80. The number of Topliss-reactive ketones (excluding diaryl/α,β-unsaturated/α-hetero) is 1. The first-order valence-corrected chi connectivity index (χ1v) is 12.0. The zero-order valence-corrected chi connectivity index (χ0v) is 21.9. The summed E-state index contributed by atoms with van der Waals surface area (Å²) in [4.78, 5) is 27.6. The highest BCUT2D eigenvalue weighted by molar-refractivity contribution is 6.52. The number of amides is 1. The normalized spacial score (nSPS) is 16.6. The van der Waals surface area contributed by atoms with Crippen molar-refractivity contribution in [3.63, 3.8) is 0 Å². The first-order valence-electron chi connectivity index (χ1n) is 11.2. The molecule has 1 unspecified atom stereocenters. The van der Waals surface area contributed by atoms with Gasteiger partial charge >= 0.3 is 0 Å². The molecular formula is C27H21Cl2F2NO6. The van der Waals surface area contributed by atoms with Crippen molar-refractivity contribution in [3.05, 3.63) is 86.9 Å². The van der Waals surface area contributed by atoms with Gasteiger partial charge in [0.15, 0.2) is 23.1 Å².